The molecule has 10 heteroatoms. The number of methoxy groups -OCH3 is 1. The summed E-state index contributed by atoms with van der Waals surface area (Å²) in [7, 11) is 1.58. The summed E-state index contributed by atoms with van der Waals surface area (Å²) in [6, 6.07) is 24.2. The number of pyridine rings is 1. The highest BCUT2D eigenvalue weighted by atomic mass is 35.5. The predicted molar refractivity (Wildman–Crippen MR) is 153 cm³/mol. The molecule has 0 radical (unpaired) electrons. The van der Waals surface area contributed by atoms with E-state index in [1.165, 1.54) is 10.9 Å². The van der Waals surface area contributed by atoms with Gasteiger partial charge in [-0.3, -0.25) is 14.6 Å². The van der Waals surface area contributed by atoms with E-state index >= 15 is 0 Å². The van der Waals surface area contributed by atoms with Crippen molar-refractivity contribution in [1.29, 1.82) is 0 Å². The summed E-state index contributed by atoms with van der Waals surface area (Å²) in [5.74, 6) is 1.16. The lowest BCUT2D eigenvalue weighted by atomic mass is 10.2. The molecule has 0 aliphatic rings. The topological polar surface area (TPSA) is 107 Å². The summed E-state index contributed by atoms with van der Waals surface area (Å²) in [5.41, 5.74) is 2.20. The predicted octanol–water partition coefficient (Wildman–Crippen LogP) is 5.76. The maximum Gasteiger partial charge on any atom is 0.299 e. The largest absolute Gasteiger partial charge is 0.497 e. The van der Waals surface area contributed by atoms with Crippen LogP contribution in [0.1, 0.15) is 15.9 Å². The van der Waals surface area contributed by atoms with Crippen LogP contribution < -0.4 is 25.7 Å². The van der Waals surface area contributed by atoms with Crippen molar-refractivity contribution in [1.82, 2.24) is 20.1 Å². The smallest absolute Gasteiger partial charge is 0.299 e. The highest BCUT2D eigenvalue weighted by Gasteiger charge is 2.16. The van der Waals surface area contributed by atoms with Crippen LogP contribution in [0.25, 0.3) is 5.69 Å². The zero-order valence-corrected chi connectivity index (χ0v) is 22.1. The van der Waals surface area contributed by atoms with Gasteiger partial charge >= 0.3 is 0 Å². The van der Waals surface area contributed by atoms with Crippen molar-refractivity contribution in [3.63, 3.8) is 0 Å². The van der Waals surface area contributed by atoms with E-state index in [0.717, 1.165) is 5.56 Å². The monoisotopic (exact) mass is 553 g/mol. The van der Waals surface area contributed by atoms with Crippen LogP contribution in [0, 0.1) is 0 Å². The lowest BCUT2D eigenvalue weighted by Crippen LogP contribution is -2.24. The van der Waals surface area contributed by atoms with Gasteiger partial charge in [-0.25, -0.2) is 0 Å². The van der Waals surface area contributed by atoms with Gasteiger partial charge in [0.2, 0.25) is 0 Å². The standard InChI is InChI=1S/C30H24ClN5O4/c1-39-25-12-14-26(15-13-25)40-27-19-34-36(24-10-6-22(31)7-11-24)30(38)28(27)35-23-8-4-21(5-9-23)29(37)33-18-20-3-2-16-32-17-20/h2-17,19,35H,18H2,1H3,(H,33,37). The molecule has 0 fully saturated rings. The number of benzene rings is 3. The zero-order chi connectivity index (χ0) is 27.9. The number of amides is 1. The van der Waals surface area contributed by atoms with Gasteiger partial charge < -0.3 is 20.1 Å². The number of halogens is 1. The Morgan fingerprint density at radius 2 is 1.65 bits per heavy atom. The molecule has 0 aliphatic carbocycles. The van der Waals surface area contributed by atoms with Gasteiger partial charge in [0.15, 0.2) is 11.4 Å². The van der Waals surface area contributed by atoms with Crippen molar-refractivity contribution in [3.8, 4) is 22.9 Å². The average Bonchev–Trinajstić information content (AvgIpc) is 2.99. The number of nitrogens with zero attached hydrogens (tertiary/aromatic N) is 3. The number of anilines is 2. The summed E-state index contributed by atoms with van der Waals surface area (Å²) in [5, 5.41) is 10.9. The fourth-order valence-electron chi connectivity index (χ4n) is 3.80. The molecule has 3 aromatic carbocycles. The van der Waals surface area contributed by atoms with Crippen LogP contribution in [-0.4, -0.2) is 27.8 Å². The Bertz CT molecular complexity index is 1660. The normalized spacial score (nSPS) is 10.6. The van der Waals surface area contributed by atoms with Crippen LogP contribution in [0.5, 0.6) is 17.2 Å². The van der Waals surface area contributed by atoms with Crippen LogP contribution in [-0.2, 0) is 6.54 Å². The maximum absolute atomic E-state index is 13.6. The molecule has 40 heavy (non-hydrogen) atoms. The molecule has 1 amide bonds. The van der Waals surface area contributed by atoms with Crippen molar-refractivity contribution >= 4 is 28.9 Å². The van der Waals surface area contributed by atoms with Crippen LogP contribution in [0.4, 0.5) is 11.4 Å². The molecule has 2 N–H and O–H groups in total. The molecule has 0 atom stereocenters. The van der Waals surface area contributed by atoms with E-state index in [0.29, 0.717) is 40.0 Å². The number of aromatic nitrogens is 3. The van der Waals surface area contributed by atoms with E-state index in [9.17, 15) is 9.59 Å². The van der Waals surface area contributed by atoms with E-state index in [-0.39, 0.29) is 17.3 Å². The van der Waals surface area contributed by atoms with Gasteiger partial charge in [0.1, 0.15) is 11.5 Å². The molecule has 5 rings (SSSR count). The SMILES string of the molecule is COc1ccc(Oc2cnn(-c3ccc(Cl)cc3)c(=O)c2Nc2ccc(C(=O)NCc3cccnc3)cc2)cc1. The molecule has 0 saturated carbocycles. The highest BCUT2D eigenvalue weighted by molar-refractivity contribution is 6.30. The molecule has 0 saturated heterocycles. The minimum atomic E-state index is -0.438. The fourth-order valence-corrected chi connectivity index (χ4v) is 3.93. The third kappa shape index (κ3) is 6.28. The molecule has 0 bridgehead atoms. The summed E-state index contributed by atoms with van der Waals surface area (Å²) >= 11 is 6.02. The third-order valence-electron chi connectivity index (χ3n) is 5.89. The lowest BCUT2D eigenvalue weighted by molar-refractivity contribution is 0.0951. The number of nitrogens with one attached hydrogen (secondary N) is 2. The van der Waals surface area contributed by atoms with Gasteiger partial charge in [0, 0.05) is 35.2 Å². The first-order valence-electron chi connectivity index (χ1n) is 12.2. The second-order valence-electron chi connectivity index (χ2n) is 8.60. The van der Waals surface area contributed by atoms with Crippen LogP contribution in [0.2, 0.25) is 5.02 Å². The van der Waals surface area contributed by atoms with Crippen molar-refractivity contribution in [3.05, 3.63) is 130 Å². The van der Waals surface area contributed by atoms with E-state index in [1.807, 2.05) is 12.1 Å². The Morgan fingerprint density at radius 1 is 0.925 bits per heavy atom. The van der Waals surface area contributed by atoms with Gasteiger partial charge in [-0.2, -0.15) is 9.78 Å². The molecule has 200 valence electrons. The first kappa shape index (κ1) is 26.5. The van der Waals surface area contributed by atoms with Crippen molar-refractivity contribution < 1.29 is 14.3 Å². The van der Waals surface area contributed by atoms with Crippen LogP contribution in [0.3, 0.4) is 0 Å². The van der Waals surface area contributed by atoms with Gasteiger partial charge in [0.25, 0.3) is 11.5 Å². The summed E-state index contributed by atoms with van der Waals surface area (Å²) in [4.78, 5) is 30.3. The number of ether oxygens (including phenoxy) is 2. The molecule has 0 unspecified atom stereocenters. The Kier molecular flexibility index (Phi) is 8.03. The number of rotatable bonds is 9. The average molecular weight is 554 g/mol. The van der Waals surface area contributed by atoms with E-state index < -0.39 is 5.56 Å². The first-order valence-corrected chi connectivity index (χ1v) is 12.6. The third-order valence-corrected chi connectivity index (χ3v) is 6.15. The Hall–Kier alpha value is -5.15. The highest BCUT2D eigenvalue weighted by Crippen LogP contribution is 2.30. The van der Waals surface area contributed by atoms with E-state index in [4.69, 9.17) is 21.1 Å². The molecular formula is C30H24ClN5O4. The number of hydrogen-bond acceptors (Lipinski definition) is 7. The Balaban J connectivity index is 1.41. The summed E-state index contributed by atoms with van der Waals surface area (Å²) < 4.78 is 12.5. The van der Waals surface area contributed by atoms with Gasteiger partial charge in [-0.05, 0) is 84.4 Å². The van der Waals surface area contributed by atoms with Gasteiger partial charge in [-0.15, -0.1) is 0 Å². The fraction of sp³-hybridized carbons (Fsp3) is 0.0667. The second-order valence-corrected chi connectivity index (χ2v) is 9.04. The molecule has 0 aliphatic heterocycles. The number of hydrogen-bond donors (Lipinski definition) is 2. The lowest BCUT2D eigenvalue weighted by Gasteiger charge is -2.15. The molecular weight excluding hydrogens is 530 g/mol. The first-order chi connectivity index (χ1) is 19.5. The minimum Gasteiger partial charge on any atom is -0.497 e. The van der Waals surface area contributed by atoms with Crippen molar-refractivity contribution in [2.24, 2.45) is 0 Å². The second kappa shape index (κ2) is 12.1. The van der Waals surface area contributed by atoms with Gasteiger partial charge in [-0.1, -0.05) is 17.7 Å². The molecule has 2 aromatic heterocycles. The zero-order valence-electron chi connectivity index (χ0n) is 21.4. The quantitative estimate of drug-likeness (QED) is 0.239. The van der Waals surface area contributed by atoms with Crippen molar-refractivity contribution in [2.75, 3.05) is 12.4 Å². The molecule has 2 heterocycles. The molecule has 9 nitrogen and oxygen atoms in total. The Labute approximate surface area is 235 Å². The van der Waals surface area contributed by atoms with Crippen LogP contribution in [0.15, 0.2) is 108 Å². The molecule has 5 aromatic rings. The van der Waals surface area contributed by atoms with E-state index in [2.05, 4.69) is 20.7 Å². The minimum absolute atomic E-state index is 0.162. The Morgan fingerprint density at radius 3 is 2.33 bits per heavy atom. The molecule has 0 spiro atoms. The maximum atomic E-state index is 13.6. The van der Waals surface area contributed by atoms with Crippen molar-refractivity contribution in [2.45, 2.75) is 6.54 Å². The number of carbonyl (C=O) groups is 1. The van der Waals surface area contributed by atoms with Gasteiger partial charge in [0.05, 0.1) is 19.0 Å². The number of carbonyl (C=O) groups excluding carboxylic acids is 1. The summed E-state index contributed by atoms with van der Waals surface area (Å²) in [6.45, 7) is 0.361. The van der Waals surface area contributed by atoms with E-state index in [1.54, 1.807) is 92.3 Å². The summed E-state index contributed by atoms with van der Waals surface area (Å²) in [6.07, 6.45) is 4.84. The van der Waals surface area contributed by atoms with Crippen LogP contribution >= 0.6 is 11.6 Å².